The van der Waals surface area contributed by atoms with E-state index in [2.05, 4.69) is 53.3 Å². The van der Waals surface area contributed by atoms with E-state index in [0.717, 1.165) is 43.5 Å². The van der Waals surface area contributed by atoms with Gasteiger partial charge >= 0.3 is 0 Å². The number of hydrogen-bond donors (Lipinski definition) is 1. The number of hydrogen-bond acceptors (Lipinski definition) is 5. The van der Waals surface area contributed by atoms with Crippen LogP contribution in [-0.2, 0) is 17.8 Å². The lowest BCUT2D eigenvalue weighted by Gasteiger charge is -2.36. The summed E-state index contributed by atoms with van der Waals surface area (Å²) >= 11 is 0. The van der Waals surface area contributed by atoms with Gasteiger partial charge in [-0.15, -0.1) is 0 Å². The Balaban J connectivity index is 1.29. The van der Waals surface area contributed by atoms with E-state index in [1.54, 1.807) is 0 Å². The van der Waals surface area contributed by atoms with E-state index in [1.165, 1.54) is 11.1 Å². The smallest absolute Gasteiger partial charge is 0.128 e. The molecule has 0 saturated carbocycles. The molecule has 3 aromatic rings. The van der Waals surface area contributed by atoms with Crippen LogP contribution in [0.25, 0.3) is 0 Å². The zero-order chi connectivity index (χ0) is 20.8. The van der Waals surface area contributed by atoms with Gasteiger partial charge in [0.15, 0.2) is 0 Å². The summed E-state index contributed by atoms with van der Waals surface area (Å²) in [7, 11) is 0. The number of nitrogens with one attached hydrogen (secondary N) is 1. The van der Waals surface area contributed by atoms with Crippen LogP contribution in [0.1, 0.15) is 25.0 Å². The van der Waals surface area contributed by atoms with Crippen LogP contribution in [0.4, 0.5) is 5.82 Å². The van der Waals surface area contributed by atoms with Gasteiger partial charge in [-0.3, -0.25) is 0 Å². The lowest BCUT2D eigenvalue weighted by molar-refractivity contribution is -0.00545. The fraction of sp³-hybridized carbons (Fsp3) is 0.320. The van der Waals surface area contributed by atoms with E-state index in [9.17, 15) is 0 Å². The molecule has 1 N–H and O–H groups in total. The van der Waals surface area contributed by atoms with Crippen molar-refractivity contribution >= 4 is 5.82 Å². The zero-order valence-corrected chi connectivity index (χ0v) is 17.6. The van der Waals surface area contributed by atoms with E-state index >= 15 is 0 Å². The topological polar surface area (TPSA) is 46.6 Å². The molecule has 1 aliphatic heterocycles. The number of morpholine rings is 1. The van der Waals surface area contributed by atoms with Crippen molar-refractivity contribution in [3.63, 3.8) is 0 Å². The number of nitrogens with zero attached hydrogens (tertiary/aromatic N) is 2. The van der Waals surface area contributed by atoms with E-state index in [4.69, 9.17) is 9.47 Å². The fourth-order valence-electron chi connectivity index (χ4n) is 3.77. The predicted molar refractivity (Wildman–Crippen MR) is 120 cm³/mol. The molecule has 0 aliphatic carbocycles. The Hall–Kier alpha value is -2.89. The second kappa shape index (κ2) is 9.74. The largest absolute Gasteiger partial charge is 0.457 e. The summed E-state index contributed by atoms with van der Waals surface area (Å²) in [6.07, 6.45) is 2.43. The number of pyridine rings is 1. The van der Waals surface area contributed by atoms with Crippen LogP contribution in [0, 0.1) is 0 Å². The van der Waals surface area contributed by atoms with Crippen LogP contribution in [0.3, 0.4) is 0 Å². The molecule has 156 valence electrons. The molecular weight excluding hydrogens is 374 g/mol. The molecule has 0 bridgehead atoms. The Labute approximate surface area is 178 Å². The van der Waals surface area contributed by atoms with E-state index in [0.29, 0.717) is 0 Å². The summed E-state index contributed by atoms with van der Waals surface area (Å²) in [5.74, 6) is 2.71. The minimum absolute atomic E-state index is 0.235. The molecule has 0 radical (unpaired) electrons. The highest BCUT2D eigenvalue weighted by molar-refractivity contribution is 5.40. The molecule has 1 fully saturated rings. The van der Waals surface area contributed by atoms with Crippen LogP contribution < -0.4 is 15.0 Å². The molecule has 5 nitrogen and oxygen atoms in total. The van der Waals surface area contributed by atoms with Crippen molar-refractivity contribution in [1.82, 2.24) is 10.3 Å². The van der Waals surface area contributed by atoms with Gasteiger partial charge < -0.3 is 19.7 Å². The maximum absolute atomic E-state index is 5.92. The summed E-state index contributed by atoms with van der Waals surface area (Å²) in [6, 6.07) is 22.3. The lowest BCUT2D eigenvalue weighted by atomic mass is 10.2. The summed E-state index contributed by atoms with van der Waals surface area (Å²) in [5.41, 5.74) is 2.36. The Morgan fingerprint density at radius 2 is 1.63 bits per heavy atom. The van der Waals surface area contributed by atoms with Gasteiger partial charge in [0, 0.05) is 32.4 Å². The van der Waals surface area contributed by atoms with E-state index in [-0.39, 0.29) is 12.2 Å². The van der Waals surface area contributed by atoms with Crippen molar-refractivity contribution in [2.45, 2.75) is 39.1 Å². The standard InChI is InChI=1S/C25H29N3O2/c1-19-17-28(18-20(2)29-19)25-12-11-22(16-27-25)15-26-14-21-7-6-10-24(13-21)30-23-8-4-3-5-9-23/h3-13,16,19-20,26H,14-15,17-18H2,1-2H3. The number of anilines is 1. The summed E-state index contributed by atoms with van der Waals surface area (Å²) in [6.45, 7) is 7.54. The highest BCUT2D eigenvalue weighted by Crippen LogP contribution is 2.22. The molecule has 5 heteroatoms. The summed E-state index contributed by atoms with van der Waals surface area (Å²) < 4.78 is 11.7. The van der Waals surface area contributed by atoms with Gasteiger partial charge in [-0.1, -0.05) is 36.4 Å². The quantitative estimate of drug-likeness (QED) is 0.615. The molecule has 0 spiro atoms. The maximum atomic E-state index is 5.92. The summed E-state index contributed by atoms with van der Waals surface area (Å²) in [4.78, 5) is 6.97. The molecule has 0 amide bonds. The van der Waals surface area contributed by atoms with Gasteiger partial charge in [-0.05, 0) is 55.3 Å². The first-order chi connectivity index (χ1) is 14.7. The van der Waals surface area contributed by atoms with Gasteiger partial charge in [0.05, 0.1) is 12.2 Å². The maximum Gasteiger partial charge on any atom is 0.128 e. The Bertz CT molecular complexity index is 921. The molecular formula is C25H29N3O2. The number of aromatic nitrogens is 1. The molecule has 2 aromatic carbocycles. The van der Waals surface area contributed by atoms with Crippen LogP contribution in [0.2, 0.25) is 0 Å². The molecule has 2 unspecified atom stereocenters. The third-order valence-electron chi connectivity index (χ3n) is 5.09. The molecule has 4 rings (SSSR count). The van der Waals surface area contributed by atoms with Crippen molar-refractivity contribution < 1.29 is 9.47 Å². The Kier molecular flexibility index (Phi) is 6.62. The average Bonchev–Trinajstić information content (AvgIpc) is 2.75. The second-order valence-electron chi connectivity index (χ2n) is 7.85. The monoisotopic (exact) mass is 403 g/mol. The first-order valence-electron chi connectivity index (χ1n) is 10.5. The van der Waals surface area contributed by atoms with Gasteiger partial charge in [-0.25, -0.2) is 4.98 Å². The zero-order valence-electron chi connectivity index (χ0n) is 17.6. The fourth-order valence-corrected chi connectivity index (χ4v) is 3.77. The molecule has 1 aliphatic rings. The van der Waals surface area contributed by atoms with Crippen LogP contribution in [0.15, 0.2) is 72.9 Å². The third kappa shape index (κ3) is 5.59. The Morgan fingerprint density at radius 3 is 2.37 bits per heavy atom. The first kappa shape index (κ1) is 20.4. The molecule has 2 atom stereocenters. The van der Waals surface area contributed by atoms with Crippen LogP contribution >= 0.6 is 0 Å². The third-order valence-corrected chi connectivity index (χ3v) is 5.09. The number of ether oxygens (including phenoxy) is 2. The SMILES string of the molecule is CC1CN(c2ccc(CNCc3cccc(Oc4ccccc4)c3)cn2)CC(C)O1. The molecule has 1 aromatic heterocycles. The van der Waals surface area contributed by atoms with Gasteiger partial charge in [0.2, 0.25) is 0 Å². The number of rotatable bonds is 7. The minimum Gasteiger partial charge on any atom is -0.457 e. The highest BCUT2D eigenvalue weighted by atomic mass is 16.5. The van der Waals surface area contributed by atoms with E-state index in [1.807, 2.05) is 48.7 Å². The first-order valence-corrected chi connectivity index (χ1v) is 10.5. The van der Waals surface area contributed by atoms with Gasteiger partial charge in [0.25, 0.3) is 0 Å². The van der Waals surface area contributed by atoms with Crippen LogP contribution in [0.5, 0.6) is 11.5 Å². The van der Waals surface area contributed by atoms with Crippen molar-refractivity contribution in [2.24, 2.45) is 0 Å². The number of benzene rings is 2. The lowest BCUT2D eigenvalue weighted by Crippen LogP contribution is -2.45. The highest BCUT2D eigenvalue weighted by Gasteiger charge is 2.22. The van der Waals surface area contributed by atoms with Gasteiger partial charge in [0.1, 0.15) is 17.3 Å². The normalized spacial score (nSPS) is 18.9. The minimum atomic E-state index is 0.235. The summed E-state index contributed by atoms with van der Waals surface area (Å²) in [5, 5.41) is 3.49. The van der Waals surface area contributed by atoms with Crippen molar-refractivity contribution in [3.8, 4) is 11.5 Å². The molecule has 2 heterocycles. The van der Waals surface area contributed by atoms with Crippen molar-refractivity contribution in [3.05, 3.63) is 84.1 Å². The molecule has 30 heavy (non-hydrogen) atoms. The number of para-hydroxylation sites is 1. The average molecular weight is 404 g/mol. The van der Waals surface area contributed by atoms with E-state index < -0.39 is 0 Å². The Morgan fingerprint density at radius 1 is 0.900 bits per heavy atom. The van der Waals surface area contributed by atoms with Crippen molar-refractivity contribution in [2.75, 3.05) is 18.0 Å². The van der Waals surface area contributed by atoms with Crippen molar-refractivity contribution in [1.29, 1.82) is 0 Å². The van der Waals surface area contributed by atoms with Gasteiger partial charge in [-0.2, -0.15) is 0 Å². The predicted octanol–water partition coefficient (Wildman–Crippen LogP) is 4.78. The van der Waals surface area contributed by atoms with Crippen LogP contribution in [-0.4, -0.2) is 30.3 Å². The molecule has 1 saturated heterocycles. The second-order valence-corrected chi connectivity index (χ2v) is 7.85.